The molecule has 3 rings (SSSR count). The summed E-state index contributed by atoms with van der Waals surface area (Å²) in [5.41, 5.74) is 2.55. The summed E-state index contributed by atoms with van der Waals surface area (Å²) in [4.78, 5) is 4.60. The van der Waals surface area contributed by atoms with Gasteiger partial charge in [-0.1, -0.05) is 54.1 Å². The first kappa shape index (κ1) is 16.5. The van der Waals surface area contributed by atoms with E-state index < -0.39 is 0 Å². The van der Waals surface area contributed by atoms with E-state index >= 15 is 0 Å². The van der Waals surface area contributed by atoms with Gasteiger partial charge in [0.25, 0.3) is 0 Å². The minimum atomic E-state index is -0.372. The van der Waals surface area contributed by atoms with Crippen molar-refractivity contribution in [3.8, 4) is 0 Å². The van der Waals surface area contributed by atoms with Gasteiger partial charge in [-0.05, 0) is 30.2 Å². The lowest BCUT2D eigenvalue weighted by Crippen LogP contribution is -2.50. The summed E-state index contributed by atoms with van der Waals surface area (Å²) in [6, 6.07) is 19.0. The highest BCUT2D eigenvalue weighted by Crippen LogP contribution is 2.30. The molecule has 0 bridgehead atoms. The van der Waals surface area contributed by atoms with Crippen LogP contribution in [0, 0.1) is 0 Å². The maximum atomic E-state index is 9.76. The zero-order chi connectivity index (χ0) is 16.2. The number of aliphatic hydroxyl groups is 1. The molecule has 1 aliphatic rings. The fraction of sp³-hybridized carbons (Fsp3) is 0.368. The molecule has 0 unspecified atom stereocenters. The van der Waals surface area contributed by atoms with Crippen molar-refractivity contribution in [2.75, 3.05) is 26.2 Å². The highest BCUT2D eigenvalue weighted by atomic mass is 35.5. The normalized spacial score (nSPS) is 19.4. The first-order chi connectivity index (χ1) is 11.1. The second kappa shape index (κ2) is 7.45. The van der Waals surface area contributed by atoms with Gasteiger partial charge in [0.1, 0.15) is 6.23 Å². The number of hydrogen-bond acceptors (Lipinski definition) is 3. The van der Waals surface area contributed by atoms with Crippen LogP contribution in [0.2, 0.25) is 5.02 Å². The summed E-state index contributed by atoms with van der Waals surface area (Å²) >= 11 is 6.05. The van der Waals surface area contributed by atoms with Crippen LogP contribution in [0.1, 0.15) is 24.1 Å². The molecule has 1 heterocycles. The van der Waals surface area contributed by atoms with E-state index in [1.165, 1.54) is 11.1 Å². The van der Waals surface area contributed by atoms with Gasteiger partial charge in [0.2, 0.25) is 0 Å². The Bertz CT molecular complexity index is 607. The number of nitrogens with zero attached hydrogens (tertiary/aromatic N) is 2. The van der Waals surface area contributed by atoms with Gasteiger partial charge < -0.3 is 5.11 Å². The van der Waals surface area contributed by atoms with Gasteiger partial charge in [0, 0.05) is 31.2 Å². The Morgan fingerprint density at radius 2 is 1.35 bits per heavy atom. The summed E-state index contributed by atoms with van der Waals surface area (Å²) in [6.45, 7) is 5.48. The molecule has 1 aliphatic heterocycles. The van der Waals surface area contributed by atoms with Crippen LogP contribution in [0.3, 0.4) is 0 Å². The number of hydrogen-bond donors (Lipinski definition) is 1. The minimum absolute atomic E-state index is 0.226. The van der Waals surface area contributed by atoms with Crippen molar-refractivity contribution in [1.82, 2.24) is 9.80 Å². The van der Waals surface area contributed by atoms with E-state index in [-0.39, 0.29) is 12.3 Å². The van der Waals surface area contributed by atoms with Crippen LogP contribution in [0.15, 0.2) is 54.6 Å². The van der Waals surface area contributed by atoms with Gasteiger partial charge >= 0.3 is 0 Å². The second-order valence-electron chi connectivity index (χ2n) is 6.07. The van der Waals surface area contributed by atoms with Crippen molar-refractivity contribution < 1.29 is 5.11 Å². The average Bonchev–Trinajstić information content (AvgIpc) is 2.58. The first-order valence-corrected chi connectivity index (χ1v) is 8.49. The zero-order valence-electron chi connectivity index (χ0n) is 13.4. The molecule has 2 atom stereocenters. The Morgan fingerprint density at radius 1 is 0.826 bits per heavy atom. The Balaban J connectivity index is 1.86. The lowest BCUT2D eigenvalue weighted by molar-refractivity contribution is -0.0182. The van der Waals surface area contributed by atoms with E-state index in [4.69, 9.17) is 11.6 Å². The predicted molar refractivity (Wildman–Crippen MR) is 94.6 cm³/mol. The highest BCUT2D eigenvalue weighted by molar-refractivity contribution is 6.30. The molecule has 1 saturated heterocycles. The molecule has 23 heavy (non-hydrogen) atoms. The van der Waals surface area contributed by atoms with Gasteiger partial charge in [0.15, 0.2) is 0 Å². The smallest absolute Gasteiger partial charge is 0.104 e. The molecule has 0 aliphatic carbocycles. The molecule has 0 saturated carbocycles. The van der Waals surface area contributed by atoms with Crippen LogP contribution in [-0.4, -0.2) is 47.3 Å². The lowest BCUT2D eigenvalue weighted by Gasteiger charge is -2.40. The van der Waals surface area contributed by atoms with Gasteiger partial charge in [-0.2, -0.15) is 0 Å². The number of rotatable bonds is 4. The van der Waals surface area contributed by atoms with Crippen molar-refractivity contribution in [1.29, 1.82) is 0 Å². The Morgan fingerprint density at radius 3 is 1.91 bits per heavy atom. The molecule has 0 aromatic heterocycles. The average molecular weight is 331 g/mol. The Labute approximate surface area is 143 Å². The Kier molecular flexibility index (Phi) is 5.34. The van der Waals surface area contributed by atoms with Crippen LogP contribution in [-0.2, 0) is 0 Å². The molecule has 1 fully saturated rings. The standard InChI is InChI=1S/C19H23ClN2O/c1-15(23)21-11-13-22(14-12-21)19(16-5-3-2-4-6-16)17-7-9-18(20)10-8-17/h2-10,15,19,23H,11-14H2,1H3/t15-,19-/m1/s1. The fourth-order valence-corrected chi connectivity index (χ4v) is 3.39. The molecule has 3 nitrogen and oxygen atoms in total. The summed E-state index contributed by atoms with van der Waals surface area (Å²) in [7, 11) is 0. The van der Waals surface area contributed by atoms with Crippen molar-refractivity contribution >= 4 is 11.6 Å². The van der Waals surface area contributed by atoms with E-state index in [9.17, 15) is 5.11 Å². The number of halogens is 1. The third-order valence-electron chi connectivity index (χ3n) is 4.54. The van der Waals surface area contributed by atoms with Crippen LogP contribution in [0.4, 0.5) is 0 Å². The van der Waals surface area contributed by atoms with E-state index in [0.29, 0.717) is 0 Å². The zero-order valence-corrected chi connectivity index (χ0v) is 14.2. The molecular weight excluding hydrogens is 308 g/mol. The number of piperazine rings is 1. The first-order valence-electron chi connectivity index (χ1n) is 8.12. The third-order valence-corrected chi connectivity index (χ3v) is 4.80. The van der Waals surface area contributed by atoms with Gasteiger partial charge in [-0.15, -0.1) is 0 Å². The predicted octanol–water partition coefficient (Wildman–Crippen LogP) is 3.39. The van der Waals surface area contributed by atoms with Gasteiger partial charge in [0.05, 0.1) is 6.04 Å². The van der Waals surface area contributed by atoms with Crippen LogP contribution < -0.4 is 0 Å². The van der Waals surface area contributed by atoms with E-state index in [0.717, 1.165) is 31.2 Å². The molecule has 4 heteroatoms. The molecule has 2 aromatic carbocycles. The third kappa shape index (κ3) is 3.93. The largest absolute Gasteiger partial charge is 0.379 e. The SMILES string of the molecule is C[C@@H](O)N1CCN([C@H](c2ccccc2)c2ccc(Cl)cc2)CC1. The van der Waals surface area contributed by atoms with Crippen molar-refractivity contribution in [2.24, 2.45) is 0 Å². The van der Waals surface area contributed by atoms with E-state index in [1.807, 2.05) is 25.1 Å². The maximum Gasteiger partial charge on any atom is 0.104 e. The molecule has 0 spiro atoms. The molecule has 0 amide bonds. The molecule has 122 valence electrons. The van der Waals surface area contributed by atoms with Crippen molar-refractivity contribution in [3.63, 3.8) is 0 Å². The van der Waals surface area contributed by atoms with Crippen LogP contribution in [0.25, 0.3) is 0 Å². The van der Waals surface area contributed by atoms with Crippen molar-refractivity contribution in [3.05, 3.63) is 70.7 Å². The number of benzene rings is 2. The molecule has 1 N–H and O–H groups in total. The van der Waals surface area contributed by atoms with E-state index in [2.05, 4.69) is 46.2 Å². The fourth-order valence-electron chi connectivity index (χ4n) is 3.26. The summed E-state index contributed by atoms with van der Waals surface area (Å²) < 4.78 is 0. The Hall–Kier alpha value is -1.39. The van der Waals surface area contributed by atoms with E-state index in [1.54, 1.807) is 0 Å². The summed E-state index contributed by atoms with van der Waals surface area (Å²) in [6.07, 6.45) is -0.372. The summed E-state index contributed by atoms with van der Waals surface area (Å²) in [5, 5.41) is 10.5. The molecule has 2 aromatic rings. The van der Waals surface area contributed by atoms with Gasteiger partial charge in [-0.25, -0.2) is 0 Å². The lowest BCUT2D eigenvalue weighted by atomic mass is 9.96. The quantitative estimate of drug-likeness (QED) is 0.931. The van der Waals surface area contributed by atoms with Crippen LogP contribution >= 0.6 is 11.6 Å². The molecular formula is C19H23ClN2O. The van der Waals surface area contributed by atoms with Crippen molar-refractivity contribution in [2.45, 2.75) is 19.2 Å². The second-order valence-corrected chi connectivity index (χ2v) is 6.51. The minimum Gasteiger partial charge on any atom is -0.379 e. The molecule has 0 radical (unpaired) electrons. The highest BCUT2D eigenvalue weighted by Gasteiger charge is 2.27. The summed E-state index contributed by atoms with van der Waals surface area (Å²) in [5.74, 6) is 0. The van der Waals surface area contributed by atoms with Gasteiger partial charge in [-0.3, -0.25) is 9.80 Å². The topological polar surface area (TPSA) is 26.7 Å². The maximum absolute atomic E-state index is 9.76. The number of aliphatic hydroxyl groups excluding tert-OH is 1. The monoisotopic (exact) mass is 330 g/mol. The van der Waals surface area contributed by atoms with Crippen LogP contribution in [0.5, 0.6) is 0 Å².